The smallest absolute Gasteiger partial charge is 0.282 e. The second-order valence-electron chi connectivity index (χ2n) is 8.56. The normalized spacial score (nSPS) is 11.5. The van der Waals surface area contributed by atoms with Crippen molar-refractivity contribution in [2.45, 2.75) is 6.61 Å². The fourth-order valence-corrected chi connectivity index (χ4v) is 4.44. The van der Waals surface area contributed by atoms with Gasteiger partial charge in [0.25, 0.3) is 5.56 Å². The van der Waals surface area contributed by atoms with E-state index in [4.69, 9.17) is 37.3 Å². The summed E-state index contributed by atoms with van der Waals surface area (Å²) in [5, 5.41) is 7.01. The third-order valence-electron chi connectivity index (χ3n) is 6.01. The molecule has 0 N–H and O–H groups in total. The lowest BCUT2D eigenvalue weighted by molar-refractivity contribution is 0.306. The Morgan fingerprint density at radius 3 is 2.55 bits per heavy atom. The Kier molecular flexibility index (Phi) is 6.42. The van der Waals surface area contributed by atoms with E-state index >= 15 is 0 Å². The minimum absolute atomic E-state index is 0.289. The molecule has 0 aliphatic carbocycles. The third-order valence-corrected chi connectivity index (χ3v) is 6.61. The molecule has 0 fully saturated rings. The maximum absolute atomic E-state index is 13.4. The molecule has 4 aromatic carbocycles. The maximum atomic E-state index is 13.4. The summed E-state index contributed by atoms with van der Waals surface area (Å²) in [6.45, 7) is 0.358. The van der Waals surface area contributed by atoms with Crippen LogP contribution in [0, 0.1) is 0 Å². The molecule has 0 bridgehead atoms. The molecule has 6 aromatic rings. The lowest BCUT2D eigenvalue weighted by Crippen LogP contribution is -2.20. The van der Waals surface area contributed by atoms with Crippen molar-refractivity contribution < 1.29 is 9.15 Å². The van der Waals surface area contributed by atoms with Crippen molar-refractivity contribution in [1.82, 2.24) is 9.66 Å². The van der Waals surface area contributed by atoms with Gasteiger partial charge in [0.1, 0.15) is 17.9 Å². The summed E-state index contributed by atoms with van der Waals surface area (Å²) in [4.78, 5) is 18.1. The molecule has 2 heterocycles. The highest BCUT2D eigenvalue weighted by Crippen LogP contribution is 2.29. The first-order valence-electron chi connectivity index (χ1n) is 11.8. The zero-order chi connectivity index (χ0) is 26.1. The molecule has 0 atom stereocenters. The number of hydrogen-bond donors (Lipinski definition) is 0. The SMILES string of the molecule is O=c1c2ccccc2nc(-c2cc3cc(Cl)ccc3o2)n1N=Cc1ccc(OCc2ccccc2Cl)cc1. The molecule has 0 unspecified atom stereocenters. The van der Waals surface area contributed by atoms with Crippen LogP contribution in [0.25, 0.3) is 33.5 Å². The number of fused-ring (bicyclic) bond motifs is 2. The maximum Gasteiger partial charge on any atom is 0.282 e. The molecule has 0 amide bonds. The first-order valence-corrected chi connectivity index (χ1v) is 12.5. The van der Waals surface area contributed by atoms with E-state index in [2.05, 4.69) is 5.10 Å². The van der Waals surface area contributed by atoms with E-state index < -0.39 is 0 Å². The number of furan rings is 1. The molecule has 0 saturated heterocycles. The highest BCUT2D eigenvalue weighted by atomic mass is 35.5. The van der Waals surface area contributed by atoms with Crippen LogP contribution >= 0.6 is 23.2 Å². The number of rotatable bonds is 6. The van der Waals surface area contributed by atoms with Gasteiger partial charge in [-0.25, -0.2) is 4.98 Å². The van der Waals surface area contributed by atoms with Crippen LogP contribution in [0.1, 0.15) is 11.1 Å². The molecular formula is C30H19Cl2N3O3. The fraction of sp³-hybridized carbons (Fsp3) is 0.0333. The van der Waals surface area contributed by atoms with Gasteiger partial charge in [-0.05, 0) is 72.3 Å². The standard InChI is InChI=1S/C30H19Cl2N3O3/c31-22-11-14-27-21(15-22)16-28(38-27)29-34-26-8-4-2-6-24(26)30(36)35(29)33-17-19-9-12-23(13-10-19)37-18-20-5-1-3-7-25(20)32/h1-17H,18H2. The minimum Gasteiger partial charge on any atom is -0.489 e. The van der Waals surface area contributed by atoms with E-state index in [9.17, 15) is 4.79 Å². The lowest BCUT2D eigenvalue weighted by atomic mass is 10.2. The van der Waals surface area contributed by atoms with Gasteiger partial charge >= 0.3 is 0 Å². The number of benzene rings is 4. The predicted molar refractivity (Wildman–Crippen MR) is 151 cm³/mol. The quantitative estimate of drug-likeness (QED) is 0.204. The van der Waals surface area contributed by atoms with Crippen LogP contribution in [-0.4, -0.2) is 15.9 Å². The van der Waals surface area contributed by atoms with Crippen LogP contribution < -0.4 is 10.3 Å². The van der Waals surface area contributed by atoms with Crippen molar-refractivity contribution in [2.75, 3.05) is 0 Å². The minimum atomic E-state index is -0.306. The van der Waals surface area contributed by atoms with Crippen LogP contribution in [0.3, 0.4) is 0 Å². The van der Waals surface area contributed by atoms with Gasteiger partial charge in [0.2, 0.25) is 5.82 Å². The summed E-state index contributed by atoms with van der Waals surface area (Å²) >= 11 is 12.4. The van der Waals surface area contributed by atoms with E-state index in [-0.39, 0.29) is 11.4 Å². The zero-order valence-corrected chi connectivity index (χ0v) is 21.4. The monoisotopic (exact) mass is 539 g/mol. The lowest BCUT2D eigenvalue weighted by Gasteiger charge is -2.08. The van der Waals surface area contributed by atoms with E-state index in [1.54, 1.807) is 48.7 Å². The van der Waals surface area contributed by atoms with Gasteiger partial charge in [0.05, 0.1) is 17.1 Å². The van der Waals surface area contributed by atoms with Crippen LogP contribution in [0.2, 0.25) is 10.0 Å². The average Bonchev–Trinajstić information content (AvgIpc) is 3.36. The summed E-state index contributed by atoms with van der Waals surface area (Å²) in [6, 6.07) is 29.2. The Morgan fingerprint density at radius 2 is 1.71 bits per heavy atom. The molecule has 0 saturated carbocycles. The Morgan fingerprint density at radius 1 is 0.921 bits per heavy atom. The van der Waals surface area contributed by atoms with E-state index in [0.717, 1.165) is 16.5 Å². The summed E-state index contributed by atoms with van der Waals surface area (Å²) in [6.07, 6.45) is 1.60. The van der Waals surface area contributed by atoms with Crippen molar-refractivity contribution in [3.63, 3.8) is 0 Å². The number of ether oxygens (including phenoxy) is 1. The van der Waals surface area contributed by atoms with Gasteiger partial charge in [-0.2, -0.15) is 9.78 Å². The van der Waals surface area contributed by atoms with E-state index in [1.165, 1.54) is 4.68 Å². The molecule has 0 radical (unpaired) electrons. The van der Waals surface area contributed by atoms with Crippen molar-refractivity contribution in [2.24, 2.45) is 5.10 Å². The van der Waals surface area contributed by atoms with E-state index in [0.29, 0.717) is 44.6 Å². The third kappa shape index (κ3) is 4.79. The molecular weight excluding hydrogens is 521 g/mol. The summed E-state index contributed by atoms with van der Waals surface area (Å²) in [7, 11) is 0. The number of nitrogens with zero attached hydrogens (tertiary/aromatic N) is 3. The van der Waals surface area contributed by atoms with Gasteiger partial charge in [-0.15, -0.1) is 0 Å². The Hall–Kier alpha value is -4.39. The number of aromatic nitrogens is 2. The summed E-state index contributed by atoms with van der Waals surface area (Å²) in [5.74, 6) is 1.38. The van der Waals surface area contributed by atoms with Gasteiger partial charge in [-0.3, -0.25) is 4.79 Å². The highest BCUT2D eigenvalue weighted by Gasteiger charge is 2.16. The molecule has 6 rings (SSSR count). The number of para-hydroxylation sites is 1. The molecule has 8 heteroatoms. The van der Waals surface area contributed by atoms with Crippen molar-refractivity contribution in [1.29, 1.82) is 0 Å². The molecule has 6 nitrogen and oxygen atoms in total. The summed E-state index contributed by atoms with van der Waals surface area (Å²) in [5.41, 5.74) is 2.56. The second kappa shape index (κ2) is 10.2. The molecule has 38 heavy (non-hydrogen) atoms. The van der Waals surface area contributed by atoms with Crippen molar-refractivity contribution >= 4 is 51.3 Å². The van der Waals surface area contributed by atoms with Crippen LogP contribution in [0.5, 0.6) is 5.75 Å². The second-order valence-corrected chi connectivity index (χ2v) is 9.40. The molecule has 0 spiro atoms. The van der Waals surface area contributed by atoms with Crippen LogP contribution in [0.15, 0.2) is 111 Å². The van der Waals surface area contributed by atoms with Gasteiger partial charge < -0.3 is 9.15 Å². The Labute approximate surface area is 227 Å². The number of hydrogen-bond acceptors (Lipinski definition) is 5. The Bertz CT molecular complexity index is 1870. The first-order chi connectivity index (χ1) is 18.5. The molecule has 2 aromatic heterocycles. The number of halogens is 2. The van der Waals surface area contributed by atoms with Gasteiger partial charge in [0.15, 0.2) is 5.76 Å². The fourth-order valence-electron chi connectivity index (χ4n) is 4.07. The van der Waals surface area contributed by atoms with E-state index in [1.807, 2.05) is 54.6 Å². The molecule has 186 valence electrons. The molecule has 0 aliphatic heterocycles. The van der Waals surface area contributed by atoms with Crippen LogP contribution in [0.4, 0.5) is 0 Å². The Balaban J connectivity index is 1.33. The van der Waals surface area contributed by atoms with Crippen molar-refractivity contribution in [3.05, 3.63) is 129 Å². The highest BCUT2D eigenvalue weighted by molar-refractivity contribution is 6.31. The zero-order valence-electron chi connectivity index (χ0n) is 19.8. The average molecular weight is 540 g/mol. The van der Waals surface area contributed by atoms with Gasteiger partial charge in [0, 0.05) is 21.0 Å². The largest absolute Gasteiger partial charge is 0.489 e. The van der Waals surface area contributed by atoms with Crippen LogP contribution in [-0.2, 0) is 6.61 Å². The predicted octanol–water partition coefficient (Wildman–Crippen LogP) is 7.58. The van der Waals surface area contributed by atoms with Gasteiger partial charge in [-0.1, -0.05) is 53.5 Å². The summed E-state index contributed by atoms with van der Waals surface area (Å²) < 4.78 is 13.1. The van der Waals surface area contributed by atoms with Crippen molar-refractivity contribution in [3.8, 4) is 17.3 Å². The first kappa shape index (κ1) is 24.0. The molecule has 0 aliphatic rings. The topological polar surface area (TPSA) is 69.6 Å².